The summed E-state index contributed by atoms with van der Waals surface area (Å²) >= 11 is 10.3. The fourth-order valence-electron chi connectivity index (χ4n) is 1.55. The van der Waals surface area contributed by atoms with Crippen LogP contribution in [0.5, 0.6) is 0 Å². The minimum absolute atomic E-state index is 0.0243. The number of carbonyl (C=O) groups is 2. The average Bonchev–Trinajstić information content (AvgIpc) is 2.69. The van der Waals surface area contributed by atoms with Crippen molar-refractivity contribution in [1.29, 1.82) is 0 Å². The summed E-state index contributed by atoms with van der Waals surface area (Å²) in [5.74, 6) is -0.436. The van der Waals surface area contributed by atoms with E-state index >= 15 is 0 Å². The molecule has 0 spiro atoms. The zero-order valence-corrected chi connectivity index (χ0v) is 14.5. The number of nitrogens with zero attached hydrogens (tertiary/aromatic N) is 2. The van der Waals surface area contributed by atoms with Gasteiger partial charge >= 0.3 is 0 Å². The first kappa shape index (κ1) is 14.7. The summed E-state index contributed by atoms with van der Waals surface area (Å²) < 4.78 is 6.82. The van der Waals surface area contributed by atoms with E-state index in [4.69, 9.17) is 16.6 Å². The van der Waals surface area contributed by atoms with Crippen molar-refractivity contribution in [2.75, 3.05) is 14.1 Å². The fraction of sp³-hybridized carbons (Fsp3) is 0.182. The summed E-state index contributed by atoms with van der Waals surface area (Å²) in [5.41, 5.74) is 0.0243. The predicted octanol–water partition coefficient (Wildman–Crippen LogP) is 2.25. The van der Waals surface area contributed by atoms with Gasteiger partial charge in [0.05, 0.1) is 4.47 Å². The van der Waals surface area contributed by atoms with Crippen LogP contribution in [0, 0.1) is 3.77 Å². The molecule has 2 amide bonds. The molecule has 1 aromatic rings. The van der Waals surface area contributed by atoms with E-state index in [1.54, 1.807) is 6.07 Å². The van der Waals surface area contributed by atoms with E-state index in [2.05, 4.69) is 15.9 Å². The van der Waals surface area contributed by atoms with E-state index in [0.717, 1.165) is 4.47 Å². The molecule has 1 aromatic heterocycles. The first-order valence-corrected chi connectivity index (χ1v) is 7.37. The van der Waals surface area contributed by atoms with Crippen molar-refractivity contribution in [2.45, 2.75) is 0 Å². The maximum absolute atomic E-state index is 12.1. The van der Waals surface area contributed by atoms with E-state index in [9.17, 15) is 9.59 Å². The van der Waals surface area contributed by atoms with E-state index < -0.39 is 11.8 Å². The first-order chi connectivity index (χ1) is 8.82. The summed E-state index contributed by atoms with van der Waals surface area (Å²) in [4.78, 5) is 26.6. The minimum atomic E-state index is -0.435. The van der Waals surface area contributed by atoms with Crippen LogP contribution < -0.4 is 0 Å². The molecule has 5 nitrogen and oxygen atoms in total. The fourth-order valence-corrected chi connectivity index (χ4v) is 2.43. The molecule has 0 bridgehead atoms. The Bertz CT molecular complexity index is 580. The van der Waals surface area contributed by atoms with Gasteiger partial charge in [0.15, 0.2) is 8.88 Å². The number of likely N-dealkylation sites (N-methyl/N-ethyl adjacent to an activating group) is 2. The van der Waals surface area contributed by atoms with Crippen molar-refractivity contribution in [3.8, 4) is 0 Å². The quantitative estimate of drug-likeness (QED) is 0.282. The number of carbonyl (C=O) groups excluding carboxylic acids is 2. The molecule has 8 heteroatoms. The van der Waals surface area contributed by atoms with Gasteiger partial charge in [0.25, 0.3) is 11.8 Å². The lowest BCUT2D eigenvalue weighted by molar-refractivity contribution is -0.132. The highest BCUT2D eigenvalue weighted by atomic mass is 127. The van der Waals surface area contributed by atoms with Gasteiger partial charge < -0.3 is 4.42 Å². The molecule has 0 aliphatic carbocycles. The van der Waals surface area contributed by atoms with Crippen LogP contribution in [0.4, 0.5) is 0 Å². The smallest absolute Gasteiger partial charge is 0.265 e. The number of thiocarbonyl (C=S) groups is 1. The maximum Gasteiger partial charge on any atom is 0.265 e. The molecule has 2 heterocycles. The Balaban J connectivity index is 2.45. The van der Waals surface area contributed by atoms with Crippen molar-refractivity contribution in [1.82, 2.24) is 9.80 Å². The predicted molar refractivity (Wildman–Crippen MR) is 85.2 cm³/mol. The van der Waals surface area contributed by atoms with Gasteiger partial charge in [0.1, 0.15) is 11.3 Å². The maximum atomic E-state index is 12.1. The summed E-state index contributed by atoms with van der Waals surface area (Å²) in [6, 6.07) is 1.70. The number of halogens is 2. The third-order valence-electron chi connectivity index (χ3n) is 2.59. The summed E-state index contributed by atoms with van der Waals surface area (Å²) in [5, 5.41) is 0.183. The van der Waals surface area contributed by atoms with Gasteiger partial charge in [0.2, 0.25) is 0 Å². The number of hydrogen-bond donors (Lipinski definition) is 0. The summed E-state index contributed by atoms with van der Waals surface area (Å²) in [6.45, 7) is 0. The summed E-state index contributed by atoms with van der Waals surface area (Å²) in [7, 11) is 3.06. The lowest BCUT2D eigenvalue weighted by atomic mass is 10.1. The van der Waals surface area contributed by atoms with Gasteiger partial charge in [-0.05, 0) is 40.3 Å². The Hall–Kier alpha value is -0.740. The number of furan rings is 1. The van der Waals surface area contributed by atoms with Gasteiger partial charge in [-0.2, -0.15) is 0 Å². The zero-order chi connectivity index (χ0) is 14.3. The van der Waals surface area contributed by atoms with Crippen LogP contribution in [0.25, 0.3) is 6.08 Å². The molecule has 1 saturated heterocycles. The topological polar surface area (TPSA) is 53.8 Å². The van der Waals surface area contributed by atoms with Crippen LogP contribution in [-0.2, 0) is 9.59 Å². The van der Waals surface area contributed by atoms with Gasteiger partial charge in [-0.1, -0.05) is 0 Å². The Morgan fingerprint density at radius 1 is 1.32 bits per heavy atom. The molecule has 0 N–H and O–H groups in total. The van der Waals surface area contributed by atoms with Crippen LogP contribution in [0.1, 0.15) is 5.76 Å². The van der Waals surface area contributed by atoms with Crippen molar-refractivity contribution in [2.24, 2.45) is 0 Å². The van der Waals surface area contributed by atoms with Crippen molar-refractivity contribution in [3.05, 3.63) is 25.6 Å². The molecular formula is C11H8BrIN2O3S. The van der Waals surface area contributed by atoms with Gasteiger partial charge in [0, 0.05) is 36.7 Å². The molecule has 19 heavy (non-hydrogen) atoms. The molecule has 0 saturated carbocycles. The van der Waals surface area contributed by atoms with E-state index in [0.29, 0.717) is 9.53 Å². The lowest BCUT2D eigenvalue weighted by Crippen LogP contribution is -2.52. The Kier molecular flexibility index (Phi) is 4.11. The molecule has 0 atom stereocenters. The molecule has 1 fully saturated rings. The molecule has 0 aromatic carbocycles. The molecule has 2 rings (SSSR count). The average molecular weight is 455 g/mol. The standard InChI is InChI=1S/C11H8BrIN2O3S/c1-14-9(16)6(10(17)15(2)11(14)19)3-5-4-7(12)8(13)18-5/h3-4H,1-2H3. The highest BCUT2D eigenvalue weighted by Gasteiger charge is 2.35. The second-order valence-electron chi connectivity index (χ2n) is 3.84. The van der Waals surface area contributed by atoms with Crippen molar-refractivity contribution in [3.63, 3.8) is 0 Å². The van der Waals surface area contributed by atoms with Crippen LogP contribution in [0.3, 0.4) is 0 Å². The Labute approximate surface area is 136 Å². The zero-order valence-electron chi connectivity index (χ0n) is 9.94. The Morgan fingerprint density at radius 3 is 2.26 bits per heavy atom. The van der Waals surface area contributed by atoms with Crippen molar-refractivity contribution >= 4 is 73.7 Å². The second-order valence-corrected chi connectivity index (χ2v) is 6.04. The van der Waals surface area contributed by atoms with Crippen LogP contribution in [-0.4, -0.2) is 40.8 Å². The SMILES string of the molecule is CN1C(=O)C(=Cc2cc(Br)c(I)o2)C(=O)N(C)C1=S. The van der Waals surface area contributed by atoms with E-state index in [1.807, 2.05) is 22.6 Å². The van der Waals surface area contributed by atoms with Crippen LogP contribution >= 0.6 is 50.7 Å². The Morgan fingerprint density at radius 2 is 1.84 bits per heavy atom. The summed E-state index contributed by atoms with van der Waals surface area (Å²) in [6.07, 6.45) is 1.42. The highest BCUT2D eigenvalue weighted by Crippen LogP contribution is 2.26. The highest BCUT2D eigenvalue weighted by molar-refractivity contribution is 14.1. The molecular weight excluding hydrogens is 447 g/mol. The molecule has 0 unspecified atom stereocenters. The minimum Gasteiger partial charge on any atom is -0.450 e. The molecule has 100 valence electrons. The monoisotopic (exact) mass is 454 g/mol. The normalized spacial score (nSPS) is 16.4. The third kappa shape index (κ3) is 2.61. The second kappa shape index (κ2) is 5.33. The number of rotatable bonds is 1. The van der Waals surface area contributed by atoms with Crippen molar-refractivity contribution < 1.29 is 14.0 Å². The van der Waals surface area contributed by atoms with Gasteiger partial charge in [-0.3, -0.25) is 19.4 Å². The molecule has 1 aliphatic heterocycles. The first-order valence-electron chi connectivity index (χ1n) is 5.09. The van der Waals surface area contributed by atoms with Gasteiger partial charge in [-0.15, -0.1) is 0 Å². The molecule has 1 aliphatic rings. The lowest BCUT2D eigenvalue weighted by Gasteiger charge is -2.31. The van der Waals surface area contributed by atoms with E-state index in [-0.39, 0.29) is 10.7 Å². The van der Waals surface area contributed by atoms with Crippen LogP contribution in [0.15, 0.2) is 20.5 Å². The largest absolute Gasteiger partial charge is 0.450 e. The number of amides is 2. The van der Waals surface area contributed by atoms with Crippen LogP contribution in [0.2, 0.25) is 0 Å². The van der Waals surface area contributed by atoms with E-state index in [1.165, 1.54) is 30.0 Å². The third-order valence-corrected chi connectivity index (χ3v) is 5.27. The number of hydrogen-bond acceptors (Lipinski definition) is 4. The molecule has 0 radical (unpaired) electrons. The van der Waals surface area contributed by atoms with Gasteiger partial charge in [-0.25, -0.2) is 0 Å².